The Labute approximate surface area is 89.5 Å². The van der Waals surface area contributed by atoms with Crippen molar-refractivity contribution in [2.24, 2.45) is 21.8 Å². The fourth-order valence-corrected chi connectivity index (χ4v) is 2.34. The van der Waals surface area contributed by atoms with Crippen LogP contribution in [0.4, 0.5) is 0 Å². The third-order valence-corrected chi connectivity index (χ3v) is 3.13. The summed E-state index contributed by atoms with van der Waals surface area (Å²) in [6.45, 7) is 1.13. The van der Waals surface area contributed by atoms with Gasteiger partial charge in [0, 0.05) is 0 Å². The lowest BCUT2D eigenvalue weighted by Crippen LogP contribution is -2.22. The van der Waals surface area contributed by atoms with Crippen molar-refractivity contribution < 1.29 is 9.59 Å². The van der Waals surface area contributed by atoms with E-state index in [0.29, 0.717) is 24.9 Å². The van der Waals surface area contributed by atoms with Crippen molar-refractivity contribution in [3.8, 4) is 0 Å². The molecule has 0 aromatic heterocycles. The molecule has 1 aliphatic rings. The predicted molar refractivity (Wildman–Crippen MR) is 56.0 cm³/mol. The lowest BCUT2D eigenvalue weighted by atomic mass is 9.77. The third kappa shape index (κ3) is 4.20. The van der Waals surface area contributed by atoms with E-state index in [-0.39, 0.29) is 0 Å². The highest BCUT2D eigenvalue weighted by molar-refractivity contribution is 5.33. The SMILES string of the molecule is O=C=NCCC1CCCCC1CN=C=O. The number of aliphatic imine (C=N–C) groups is 2. The van der Waals surface area contributed by atoms with Crippen molar-refractivity contribution in [3.05, 3.63) is 0 Å². The molecule has 0 saturated heterocycles. The van der Waals surface area contributed by atoms with Gasteiger partial charge in [0.25, 0.3) is 0 Å². The molecule has 4 heteroatoms. The van der Waals surface area contributed by atoms with E-state index in [1.807, 2.05) is 0 Å². The maximum Gasteiger partial charge on any atom is 0.234 e. The quantitative estimate of drug-likeness (QED) is 0.511. The van der Waals surface area contributed by atoms with Crippen molar-refractivity contribution in [1.82, 2.24) is 0 Å². The van der Waals surface area contributed by atoms with E-state index in [2.05, 4.69) is 9.98 Å². The molecule has 0 radical (unpaired) electrons. The zero-order valence-electron chi connectivity index (χ0n) is 8.82. The van der Waals surface area contributed by atoms with Gasteiger partial charge in [0.15, 0.2) is 0 Å². The van der Waals surface area contributed by atoms with Gasteiger partial charge in [-0.25, -0.2) is 19.6 Å². The van der Waals surface area contributed by atoms with Crippen molar-refractivity contribution >= 4 is 12.2 Å². The zero-order valence-corrected chi connectivity index (χ0v) is 8.82. The predicted octanol–water partition coefficient (Wildman–Crippen LogP) is 1.85. The van der Waals surface area contributed by atoms with Gasteiger partial charge in [-0.1, -0.05) is 19.3 Å². The summed E-state index contributed by atoms with van der Waals surface area (Å²) in [4.78, 5) is 27.2. The Kier molecular flexibility index (Phi) is 5.60. The summed E-state index contributed by atoms with van der Waals surface area (Å²) < 4.78 is 0. The van der Waals surface area contributed by atoms with Crippen LogP contribution in [0.3, 0.4) is 0 Å². The Morgan fingerprint density at radius 2 is 1.67 bits per heavy atom. The maximum absolute atomic E-state index is 10.1. The molecule has 0 amide bonds. The molecule has 1 aliphatic carbocycles. The lowest BCUT2D eigenvalue weighted by molar-refractivity contribution is 0.233. The second kappa shape index (κ2) is 7.10. The molecule has 0 spiro atoms. The Morgan fingerprint density at radius 1 is 1.00 bits per heavy atom. The van der Waals surface area contributed by atoms with Crippen molar-refractivity contribution in [3.63, 3.8) is 0 Å². The molecule has 0 N–H and O–H groups in total. The summed E-state index contributed by atoms with van der Waals surface area (Å²) >= 11 is 0. The van der Waals surface area contributed by atoms with Crippen LogP contribution >= 0.6 is 0 Å². The highest BCUT2D eigenvalue weighted by atomic mass is 16.1. The van der Waals surface area contributed by atoms with E-state index < -0.39 is 0 Å². The van der Waals surface area contributed by atoms with Gasteiger partial charge in [-0.2, -0.15) is 0 Å². The fourth-order valence-electron chi connectivity index (χ4n) is 2.34. The normalized spacial score (nSPS) is 25.1. The van der Waals surface area contributed by atoms with Crippen LogP contribution in [0.2, 0.25) is 0 Å². The lowest BCUT2D eigenvalue weighted by Gasteiger charge is -2.29. The molecule has 1 saturated carbocycles. The molecule has 0 bridgehead atoms. The van der Waals surface area contributed by atoms with Crippen LogP contribution in [0.15, 0.2) is 9.98 Å². The molecule has 0 aliphatic heterocycles. The molecular formula is C11H16N2O2. The van der Waals surface area contributed by atoms with Crippen LogP contribution in [0.1, 0.15) is 32.1 Å². The first-order chi connectivity index (χ1) is 7.38. The van der Waals surface area contributed by atoms with Crippen LogP contribution in [-0.2, 0) is 9.59 Å². The van der Waals surface area contributed by atoms with E-state index >= 15 is 0 Å². The summed E-state index contributed by atoms with van der Waals surface area (Å²) in [7, 11) is 0. The Bertz CT molecular complexity index is 278. The molecule has 1 rings (SSSR count). The number of rotatable bonds is 5. The van der Waals surface area contributed by atoms with Crippen LogP contribution < -0.4 is 0 Å². The van der Waals surface area contributed by atoms with Gasteiger partial charge in [-0.05, 0) is 24.7 Å². The summed E-state index contributed by atoms with van der Waals surface area (Å²) in [5.41, 5.74) is 0. The largest absolute Gasteiger partial charge is 0.234 e. The van der Waals surface area contributed by atoms with Crippen molar-refractivity contribution in [2.75, 3.05) is 13.1 Å². The van der Waals surface area contributed by atoms with Gasteiger partial charge in [-0.15, -0.1) is 0 Å². The number of nitrogens with zero attached hydrogens (tertiary/aromatic N) is 2. The highest BCUT2D eigenvalue weighted by Gasteiger charge is 2.24. The molecule has 2 unspecified atom stereocenters. The molecular weight excluding hydrogens is 192 g/mol. The number of hydrogen-bond acceptors (Lipinski definition) is 4. The van der Waals surface area contributed by atoms with E-state index in [1.54, 1.807) is 12.2 Å². The van der Waals surface area contributed by atoms with Crippen LogP contribution in [0.5, 0.6) is 0 Å². The third-order valence-electron chi connectivity index (χ3n) is 3.13. The molecule has 0 aromatic carbocycles. The molecule has 0 heterocycles. The first kappa shape index (κ1) is 11.8. The number of hydrogen-bond donors (Lipinski definition) is 0. The Morgan fingerprint density at radius 3 is 2.33 bits per heavy atom. The Hall–Kier alpha value is -1.24. The average molecular weight is 208 g/mol. The zero-order chi connectivity index (χ0) is 10.9. The van der Waals surface area contributed by atoms with Gasteiger partial charge < -0.3 is 0 Å². The molecule has 0 aromatic rings. The molecule has 2 atom stereocenters. The van der Waals surface area contributed by atoms with Crippen molar-refractivity contribution in [1.29, 1.82) is 0 Å². The number of isocyanates is 2. The average Bonchev–Trinajstić information content (AvgIpc) is 2.28. The maximum atomic E-state index is 10.1. The topological polar surface area (TPSA) is 58.9 Å². The van der Waals surface area contributed by atoms with Crippen molar-refractivity contribution in [2.45, 2.75) is 32.1 Å². The standard InChI is InChI=1S/C11H16N2O2/c14-8-12-6-5-10-3-1-2-4-11(10)7-13-9-15/h10-11H,1-7H2. The van der Waals surface area contributed by atoms with E-state index in [1.165, 1.54) is 12.8 Å². The minimum absolute atomic E-state index is 0.474. The molecule has 1 fully saturated rings. The molecule has 82 valence electrons. The summed E-state index contributed by atoms with van der Waals surface area (Å²) in [6, 6.07) is 0. The van der Waals surface area contributed by atoms with Gasteiger partial charge in [-0.3, -0.25) is 0 Å². The van der Waals surface area contributed by atoms with Crippen LogP contribution in [-0.4, -0.2) is 25.2 Å². The molecule has 4 nitrogen and oxygen atoms in total. The fraction of sp³-hybridized carbons (Fsp3) is 0.818. The summed E-state index contributed by atoms with van der Waals surface area (Å²) in [5.74, 6) is 1.02. The van der Waals surface area contributed by atoms with Gasteiger partial charge in [0.05, 0.1) is 13.1 Å². The minimum atomic E-state index is 0.474. The summed E-state index contributed by atoms with van der Waals surface area (Å²) in [5, 5.41) is 0. The molecule has 15 heavy (non-hydrogen) atoms. The first-order valence-corrected chi connectivity index (χ1v) is 5.45. The second-order valence-electron chi connectivity index (χ2n) is 4.00. The van der Waals surface area contributed by atoms with E-state index in [9.17, 15) is 9.59 Å². The highest BCUT2D eigenvalue weighted by Crippen LogP contribution is 2.32. The van der Waals surface area contributed by atoms with Crippen LogP contribution in [0.25, 0.3) is 0 Å². The number of carbonyl (C=O) groups excluding carboxylic acids is 2. The van der Waals surface area contributed by atoms with E-state index in [0.717, 1.165) is 19.3 Å². The Balaban J connectivity index is 2.41. The minimum Gasteiger partial charge on any atom is -0.211 e. The monoisotopic (exact) mass is 208 g/mol. The second-order valence-corrected chi connectivity index (χ2v) is 4.00. The van der Waals surface area contributed by atoms with Gasteiger partial charge >= 0.3 is 0 Å². The first-order valence-electron chi connectivity index (χ1n) is 5.45. The van der Waals surface area contributed by atoms with E-state index in [4.69, 9.17) is 0 Å². The smallest absolute Gasteiger partial charge is 0.211 e. The van der Waals surface area contributed by atoms with Gasteiger partial charge in [0.1, 0.15) is 0 Å². The van der Waals surface area contributed by atoms with Gasteiger partial charge in [0.2, 0.25) is 12.2 Å². The summed E-state index contributed by atoms with van der Waals surface area (Å²) in [6.07, 6.45) is 8.79. The van der Waals surface area contributed by atoms with Crippen LogP contribution in [0, 0.1) is 11.8 Å².